The van der Waals surface area contributed by atoms with Gasteiger partial charge in [0.1, 0.15) is 12.7 Å². The maximum atomic E-state index is 11.2. The highest BCUT2D eigenvalue weighted by Gasteiger charge is 2.08. The number of hydrogen-bond acceptors (Lipinski definition) is 5. The minimum absolute atomic E-state index is 0.0828. The molecule has 0 aromatic rings. The van der Waals surface area contributed by atoms with E-state index in [0.29, 0.717) is 12.2 Å². The van der Waals surface area contributed by atoms with Gasteiger partial charge in [-0.1, -0.05) is 6.58 Å². The molecule has 0 aliphatic carbocycles. The van der Waals surface area contributed by atoms with Crippen molar-refractivity contribution in [3.05, 3.63) is 12.2 Å². The van der Waals surface area contributed by atoms with Crippen molar-refractivity contribution in [1.29, 1.82) is 0 Å². The van der Waals surface area contributed by atoms with Crippen LogP contribution >= 0.6 is 0 Å². The molecular formula is C11H19NO5. The zero-order valence-electron chi connectivity index (χ0n) is 10.4. The molecule has 0 saturated heterocycles. The molecule has 0 aliphatic heterocycles. The number of amides is 1. The Hall–Kier alpha value is -1.56. The summed E-state index contributed by atoms with van der Waals surface area (Å²) in [6, 6.07) is 0. The molecule has 0 aromatic heterocycles. The summed E-state index contributed by atoms with van der Waals surface area (Å²) in [6.45, 7) is 7.30. The highest BCUT2D eigenvalue weighted by atomic mass is 16.6. The van der Waals surface area contributed by atoms with Gasteiger partial charge in [-0.25, -0.2) is 9.59 Å². The molecule has 17 heavy (non-hydrogen) atoms. The summed E-state index contributed by atoms with van der Waals surface area (Å²) in [7, 11) is 1.52. The second-order valence-corrected chi connectivity index (χ2v) is 3.51. The van der Waals surface area contributed by atoms with E-state index in [9.17, 15) is 9.59 Å². The van der Waals surface area contributed by atoms with E-state index in [1.54, 1.807) is 13.8 Å². The zero-order valence-corrected chi connectivity index (χ0v) is 10.4. The normalized spacial score (nSPS) is 11.5. The van der Waals surface area contributed by atoms with Crippen molar-refractivity contribution >= 4 is 12.1 Å². The van der Waals surface area contributed by atoms with Gasteiger partial charge in [-0.05, 0) is 13.8 Å². The molecule has 1 atom stereocenters. The number of alkyl carbamates (subject to hydrolysis) is 1. The molecule has 1 unspecified atom stereocenters. The fraction of sp³-hybridized carbons (Fsp3) is 0.636. The number of nitrogens with one attached hydrogen (secondary N) is 1. The van der Waals surface area contributed by atoms with E-state index in [1.165, 1.54) is 7.11 Å². The fourth-order valence-electron chi connectivity index (χ4n) is 0.913. The van der Waals surface area contributed by atoms with Crippen LogP contribution < -0.4 is 5.32 Å². The van der Waals surface area contributed by atoms with Gasteiger partial charge in [-0.2, -0.15) is 0 Å². The van der Waals surface area contributed by atoms with Crippen molar-refractivity contribution in [2.24, 2.45) is 0 Å². The average molecular weight is 245 g/mol. The molecule has 0 heterocycles. The standard InChI is InChI=1S/C11H19NO5/c1-8(2)10(13)16-6-5-12-11(14)17-9(3)7-15-4/h9H,1,5-7H2,2-4H3,(H,12,14). The van der Waals surface area contributed by atoms with Gasteiger partial charge in [0.15, 0.2) is 0 Å². The van der Waals surface area contributed by atoms with Gasteiger partial charge in [0.2, 0.25) is 0 Å². The molecule has 0 fully saturated rings. The molecule has 0 saturated carbocycles. The van der Waals surface area contributed by atoms with Gasteiger partial charge in [-0.15, -0.1) is 0 Å². The quantitative estimate of drug-likeness (QED) is 0.409. The predicted molar refractivity (Wildman–Crippen MR) is 61.6 cm³/mol. The largest absolute Gasteiger partial charge is 0.460 e. The van der Waals surface area contributed by atoms with Gasteiger partial charge < -0.3 is 19.5 Å². The number of esters is 1. The summed E-state index contributed by atoms with van der Waals surface area (Å²) in [5.41, 5.74) is 0.321. The number of carbonyl (C=O) groups excluding carboxylic acids is 2. The summed E-state index contributed by atoms with van der Waals surface area (Å²) in [5, 5.41) is 2.44. The van der Waals surface area contributed by atoms with Crippen molar-refractivity contribution in [1.82, 2.24) is 5.32 Å². The highest BCUT2D eigenvalue weighted by molar-refractivity contribution is 5.86. The second-order valence-electron chi connectivity index (χ2n) is 3.51. The van der Waals surface area contributed by atoms with E-state index >= 15 is 0 Å². The van der Waals surface area contributed by atoms with E-state index in [2.05, 4.69) is 11.9 Å². The molecule has 0 aliphatic rings. The van der Waals surface area contributed by atoms with Crippen molar-refractivity contribution in [3.63, 3.8) is 0 Å². The molecule has 6 nitrogen and oxygen atoms in total. The first-order valence-electron chi connectivity index (χ1n) is 5.23. The van der Waals surface area contributed by atoms with E-state index in [1.807, 2.05) is 0 Å². The Labute approximate surface area is 101 Å². The van der Waals surface area contributed by atoms with Crippen molar-refractivity contribution in [2.75, 3.05) is 26.9 Å². The predicted octanol–water partition coefficient (Wildman–Crippen LogP) is 0.867. The molecular weight excluding hydrogens is 226 g/mol. The lowest BCUT2D eigenvalue weighted by Crippen LogP contribution is -2.32. The van der Waals surface area contributed by atoms with E-state index in [0.717, 1.165) is 0 Å². The van der Waals surface area contributed by atoms with Gasteiger partial charge in [-0.3, -0.25) is 0 Å². The summed E-state index contributed by atoms with van der Waals surface area (Å²) in [6.07, 6.45) is -0.890. The average Bonchev–Trinajstić information content (AvgIpc) is 2.24. The number of ether oxygens (including phenoxy) is 3. The molecule has 0 rings (SSSR count). The van der Waals surface area contributed by atoms with Gasteiger partial charge in [0.25, 0.3) is 0 Å². The number of hydrogen-bond donors (Lipinski definition) is 1. The van der Waals surface area contributed by atoms with Crippen molar-refractivity contribution < 1.29 is 23.8 Å². The summed E-state index contributed by atoms with van der Waals surface area (Å²) < 4.78 is 14.5. The van der Waals surface area contributed by atoms with Crippen LogP contribution in [0.25, 0.3) is 0 Å². The third-order valence-corrected chi connectivity index (χ3v) is 1.66. The Bertz CT molecular complexity index is 277. The third kappa shape index (κ3) is 8.27. The summed E-state index contributed by atoms with van der Waals surface area (Å²) in [4.78, 5) is 22.1. The topological polar surface area (TPSA) is 73.9 Å². The van der Waals surface area contributed by atoms with Crippen LogP contribution in [0.15, 0.2) is 12.2 Å². The number of methoxy groups -OCH3 is 1. The molecule has 98 valence electrons. The second kappa shape index (κ2) is 8.58. The third-order valence-electron chi connectivity index (χ3n) is 1.66. The van der Waals surface area contributed by atoms with E-state index < -0.39 is 12.1 Å². The van der Waals surface area contributed by atoms with Crippen molar-refractivity contribution in [3.8, 4) is 0 Å². The van der Waals surface area contributed by atoms with Gasteiger partial charge in [0, 0.05) is 12.7 Å². The first-order chi connectivity index (χ1) is 7.97. The molecule has 0 spiro atoms. The maximum absolute atomic E-state index is 11.2. The Kier molecular flexibility index (Phi) is 7.79. The van der Waals surface area contributed by atoms with Crippen LogP contribution in [-0.2, 0) is 19.0 Å². The van der Waals surface area contributed by atoms with E-state index in [-0.39, 0.29) is 19.3 Å². The lowest BCUT2D eigenvalue weighted by molar-refractivity contribution is -0.138. The van der Waals surface area contributed by atoms with Crippen LogP contribution in [0.5, 0.6) is 0 Å². The van der Waals surface area contributed by atoms with E-state index in [4.69, 9.17) is 14.2 Å². The molecule has 0 radical (unpaired) electrons. The zero-order chi connectivity index (χ0) is 13.3. The Morgan fingerprint density at radius 3 is 2.59 bits per heavy atom. The molecule has 6 heteroatoms. The Morgan fingerprint density at radius 1 is 1.41 bits per heavy atom. The van der Waals surface area contributed by atoms with Crippen molar-refractivity contribution in [2.45, 2.75) is 20.0 Å². The molecule has 1 amide bonds. The Balaban J connectivity index is 3.58. The van der Waals surface area contributed by atoms with Crippen LogP contribution in [-0.4, -0.2) is 45.0 Å². The smallest absolute Gasteiger partial charge is 0.407 e. The first kappa shape index (κ1) is 15.4. The van der Waals surface area contributed by atoms with Crippen LogP contribution in [0.2, 0.25) is 0 Å². The van der Waals surface area contributed by atoms with Gasteiger partial charge >= 0.3 is 12.1 Å². The lowest BCUT2D eigenvalue weighted by atomic mass is 10.4. The molecule has 0 aromatic carbocycles. The minimum atomic E-state index is -0.569. The number of carbonyl (C=O) groups is 2. The summed E-state index contributed by atoms with van der Waals surface area (Å²) in [5.74, 6) is -0.479. The monoisotopic (exact) mass is 245 g/mol. The van der Waals surface area contributed by atoms with Crippen LogP contribution in [0.1, 0.15) is 13.8 Å². The van der Waals surface area contributed by atoms with Gasteiger partial charge in [0.05, 0.1) is 13.2 Å². The summed E-state index contributed by atoms with van der Waals surface area (Å²) >= 11 is 0. The SMILES string of the molecule is C=C(C)C(=O)OCCNC(=O)OC(C)COC. The molecule has 0 bridgehead atoms. The maximum Gasteiger partial charge on any atom is 0.407 e. The first-order valence-corrected chi connectivity index (χ1v) is 5.23. The van der Waals surface area contributed by atoms with Crippen LogP contribution in [0, 0.1) is 0 Å². The number of rotatable bonds is 7. The fourth-order valence-corrected chi connectivity index (χ4v) is 0.913. The Morgan fingerprint density at radius 2 is 2.06 bits per heavy atom. The minimum Gasteiger partial charge on any atom is -0.460 e. The van der Waals surface area contributed by atoms with Crippen LogP contribution in [0.4, 0.5) is 4.79 Å². The lowest BCUT2D eigenvalue weighted by Gasteiger charge is -2.12. The highest BCUT2D eigenvalue weighted by Crippen LogP contribution is 1.92. The van der Waals surface area contributed by atoms with Crippen LogP contribution in [0.3, 0.4) is 0 Å². The molecule has 1 N–H and O–H groups in total.